The zero-order chi connectivity index (χ0) is 14.8. The summed E-state index contributed by atoms with van der Waals surface area (Å²) in [5.74, 6) is 0.721. The second-order valence-corrected chi connectivity index (χ2v) is 6.74. The lowest BCUT2D eigenvalue weighted by Crippen LogP contribution is -2.40. The fourth-order valence-corrected chi connectivity index (χ4v) is 3.02. The number of hydrogen-bond donors (Lipinski definition) is 1. The Morgan fingerprint density at radius 1 is 1.20 bits per heavy atom. The molecule has 0 aliphatic carbocycles. The third-order valence-electron chi connectivity index (χ3n) is 4.41. The highest BCUT2D eigenvalue weighted by atomic mass is 16.2. The van der Waals surface area contributed by atoms with E-state index in [0.717, 1.165) is 32.0 Å². The van der Waals surface area contributed by atoms with Crippen LogP contribution in [0.3, 0.4) is 0 Å². The quantitative estimate of drug-likeness (QED) is 0.800. The van der Waals surface area contributed by atoms with Gasteiger partial charge in [0.1, 0.15) is 5.54 Å². The molecule has 2 aliphatic heterocycles. The summed E-state index contributed by atoms with van der Waals surface area (Å²) in [6, 6.07) is -0.246. The number of imide groups is 1. The monoisotopic (exact) mass is 281 g/mol. The number of amides is 3. The Morgan fingerprint density at radius 2 is 1.95 bits per heavy atom. The number of nitrogens with zero attached hydrogens (tertiary/aromatic N) is 2. The topological polar surface area (TPSA) is 52.6 Å². The van der Waals surface area contributed by atoms with Crippen LogP contribution in [0.25, 0.3) is 0 Å². The van der Waals surface area contributed by atoms with Crippen molar-refractivity contribution in [3.63, 3.8) is 0 Å². The molecule has 0 unspecified atom stereocenters. The molecule has 20 heavy (non-hydrogen) atoms. The molecule has 0 bridgehead atoms. The zero-order valence-electron chi connectivity index (χ0n) is 12.9. The van der Waals surface area contributed by atoms with Gasteiger partial charge in [-0.25, -0.2) is 4.79 Å². The molecule has 0 aromatic carbocycles. The van der Waals surface area contributed by atoms with E-state index in [1.165, 1.54) is 24.2 Å². The minimum Gasteiger partial charge on any atom is -0.324 e. The average molecular weight is 281 g/mol. The van der Waals surface area contributed by atoms with Crippen molar-refractivity contribution in [1.29, 1.82) is 0 Å². The Hall–Kier alpha value is -1.10. The van der Waals surface area contributed by atoms with E-state index in [9.17, 15) is 9.59 Å². The number of carbonyl (C=O) groups is 2. The van der Waals surface area contributed by atoms with Crippen molar-refractivity contribution in [2.45, 2.75) is 52.0 Å². The Kier molecular flexibility index (Phi) is 4.68. The normalized spacial score (nSPS) is 27.6. The van der Waals surface area contributed by atoms with Crippen LogP contribution >= 0.6 is 0 Å². The third-order valence-corrected chi connectivity index (χ3v) is 4.41. The standard InChI is InChI=1S/C15H27N3O2/c1-12-6-4-8-17(11-7-12)9-5-10-18-13(19)15(2,3)16-14(18)20/h12H,4-11H2,1-3H3,(H,16,20)/t12-/m0/s1. The molecule has 114 valence electrons. The first-order chi connectivity index (χ1) is 9.40. The van der Waals surface area contributed by atoms with Crippen molar-refractivity contribution in [3.8, 4) is 0 Å². The van der Waals surface area contributed by atoms with Gasteiger partial charge in [0.2, 0.25) is 0 Å². The van der Waals surface area contributed by atoms with E-state index in [4.69, 9.17) is 0 Å². The minimum absolute atomic E-state index is 0.105. The van der Waals surface area contributed by atoms with Gasteiger partial charge in [0.05, 0.1) is 0 Å². The third kappa shape index (κ3) is 3.51. The van der Waals surface area contributed by atoms with Crippen LogP contribution in [0.4, 0.5) is 4.79 Å². The lowest BCUT2D eigenvalue weighted by Gasteiger charge is -2.21. The molecule has 0 aromatic rings. The first-order valence-corrected chi connectivity index (χ1v) is 7.76. The molecule has 2 saturated heterocycles. The summed E-state index contributed by atoms with van der Waals surface area (Å²) in [6.07, 6.45) is 4.70. The Morgan fingerprint density at radius 3 is 2.60 bits per heavy atom. The van der Waals surface area contributed by atoms with E-state index in [-0.39, 0.29) is 11.9 Å². The largest absolute Gasteiger partial charge is 0.325 e. The van der Waals surface area contributed by atoms with Crippen LogP contribution in [-0.4, -0.2) is 53.5 Å². The number of urea groups is 1. The molecule has 2 aliphatic rings. The van der Waals surface area contributed by atoms with Gasteiger partial charge >= 0.3 is 6.03 Å². The van der Waals surface area contributed by atoms with Gasteiger partial charge in [-0.3, -0.25) is 9.69 Å². The van der Waals surface area contributed by atoms with Crippen molar-refractivity contribution < 1.29 is 9.59 Å². The van der Waals surface area contributed by atoms with Crippen molar-refractivity contribution in [1.82, 2.24) is 15.1 Å². The van der Waals surface area contributed by atoms with Crippen molar-refractivity contribution >= 4 is 11.9 Å². The fourth-order valence-electron chi connectivity index (χ4n) is 3.02. The Bertz CT molecular complexity index is 381. The van der Waals surface area contributed by atoms with Crippen molar-refractivity contribution in [2.24, 2.45) is 5.92 Å². The van der Waals surface area contributed by atoms with Crippen molar-refractivity contribution in [2.75, 3.05) is 26.2 Å². The summed E-state index contributed by atoms with van der Waals surface area (Å²) >= 11 is 0. The maximum Gasteiger partial charge on any atom is 0.325 e. The second kappa shape index (κ2) is 6.12. The SMILES string of the molecule is C[C@H]1CCCN(CCCN2C(=O)NC(C)(C)C2=O)CC1. The molecular weight excluding hydrogens is 254 g/mol. The number of rotatable bonds is 4. The van der Waals surface area contributed by atoms with Crippen LogP contribution in [0.2, 0.25) is 0 Å². The molecule has 2 fully saturated rings. The molecule has 5 heteroatoms. The highest BCUT2D eigenvalue weighted by Crippen LogP contribution is 2.18. The molecule has 0 aromatic heterocycles. The van der Waals surface area contributed by atoms with E-state index in [1.54, 1.807) is 13.8 Å². The Balaban J connectivity index is 1.76. The molecule has 0 spiro atoms. The van der Waals surface area contributed by atoms with Crippen molar-refractivity contribution in [3.05, 3.63) is 0 Å². The van der Waals surface area contributed by atoms with Crippen LogP contribution in [0.15, 0.2) is 0 Å². The van der Waals surface area contributed by atoms with Gasteiger partial charge < -0.3 is 10.2 Å². The number of hydrogen-bond acceptors (Lipinski definition) is 3. The molecule has 1 N–H and O–H groups in total. The van der Waals surface area contributed by atoms with E-state index in [0.29, 0.717) is 6.54 Å². The molecular formula is C15H27N3O2. The Labute approximate surface area is 121 Å². The van der Waals surface area contributed by atoms with Crippen LogP contribution in [0, 0.1) is 5.92 Å². The van der Waals surface area contributed by atoms with E-state index < -0.39 is 5.54 Å². The van der Waals surface area contributed by atoms with Gasteiger partial charge in [0.15, 0.2) is 0 Å². The van der Waals surface area contributed by atoms with Crippen LogP contribution in [0.5, 0.6) is 0 Å². The fraction of sp³-hybridized carbons (Fsp3) is 0.867. The average Bonchev–Trinajstić information content (AvgIpc) is 2.54. The molecule has 1 atom stereocenters. The van der Waals surface area contributed by atoms with Gasteiger partial charge in [-0.05, 0) is 65.1 Å². The van der Waals surface area contributed by atoms with E-state index >= 15 is 0 Å². The van der Waals surface area contributed by atoms with Gasteiger partial charge in [-0.2, -0.15) is 0 Å². The summed E-state index contributed by atoms with van der Waals surface area (Å²) in [6.45, 7) is 9.62. The molecule has 0 saturated carbocycles. The summed E-state index contributed by atoms with van der Waals surface area (Å²) < 4.78 is 0. The lowest BCUT2D eigenvalue weighted by atomic mass is 10.0. The zero-order valence-corrected chi connectivity index (χ0v) is 12.9. The smallest absolute Gasteiger partial charge is 0.324 e. The summed E-state index contributed by atoms with van der Waals surface area (Å²) in [5, 5.41) is 2.72. The van der Waals surface area contributed by atoms with Gasteiger partial charge in [0.25, 0.3) is 5.91 Å². The van der Waals surface area contributed by atoms with Gasteiger partial charge in [-0.15, -0.1) is 0 Å². The predicted molar refractivity (Wildman–Crippen MR) is 78.4 cm³/mol. The summed E-state index contributed by atoms with van der Waals surface area (Å²) in [5.41, 5.74) is -0.741. The molecule has 2 rings (SSSR count). The summed E-state index contributed by atoms with van der Waals surface area (Å²) in [7, 11) is 0. The van der Waals surface area contributed by atoms with Gasteiger partial charge in [0, 0.05) is 6.54 Å². The highest BCUT2D eigenvalue weighted by Gasteiger charge is 2.43. The summed E-state index contributed by atoms with van der Waals surface area (Å²) in [4.78, 5) is 27.6. The number of nitrogens with one attached hydrogen (secondary N) is 1. The maximum absolute atomic E-state index is 12.0. The highest BCUT2D eigenvalue weighted by molar-refractivity contribution is 6.06. The second-order valence-electron chi connectivity index (χ2n) is 6.74. The maximum atomic E-state index is 12.0. The van der Waals surface area contributed by atoms with Gasteiger partial charge in [-0.1, -0.05) is 6.92 Å². The van der Waals surface area contributed by atoms with Crippen LogP contribution in [0.1, 0.15) is 46.5 Å². The van der Waals surface area contributed by atoms with Crippen LogP contribution < -0.4 is 5.32 Å². The molecule has 3 amide bonds. The molecule has 2 heterocycles. The minimum atomic E-state index is -0.741. The predicted octanol–water partition coefficient (Wildman–Crippen LogP) is 1.83. The lowest BCUT2D eigenvalue weighted by molar-refractivity contribution is -0.130. The van der Waals surface area contributed by atoms with E-state index in [1.807, 2.05) is 0 Å². The first kappa shape index (κ1) is 15.3. The first-order valence-electron chi connectivity index (χ1n) is 7.76. The number of likely N-dealkylation sites (tertiary alicyclic amines) is 1. The number of carbonyl (C=O) groups excluding carboxylic acids is 2. The molecule has 0 radical (unpaired) electrons. The molecule has 5 nitrogen and oxygen atoms in total. The van der Waals surface area contributed by atoms with Crippen LogP contribution in [-0.2, 0) is 4.79 Å². The van der Waals surface area contributed by atoms with E-state index in [2.05, 4.69) is 17.1 Å².